The molecule has 1 aromatic carbocycles. The molecule has 6 heteroatoms. The molecule has 0 fully saturated rings. The standard InChI is InChI=1S/C15H15ClN2O3/c1-2-20-15(19)13-7-12(17)8-18-14(13)21-9-10-3-5-11(16)6-4-10/h3-8H,2,9,17H2,1H3. The number of esters is 1. The Hall–Kier alpha value is -2.27. The quantitative estimate of drug-likeness (QED) is 0.859. The number of ether oxygens (including phenoxy) is 2. The number of hydrogen-bond donors (Lipinski definition) is 1. The zero-order chi connectivity index (χ0) is 15.2. The van der Waals surface area contributed by atoms with Crippen molar-refractivity contribution in [3.63, 3.8) is 0 Å². The molecule has 2 rings (SSSR count). The van der Waals surface area contributed by atoms with Gasteiger partial charge in [-0.25, -0.2) is 9.78 Å². The van der Waals surface area contributed by atoms with Gasteiger partial charge in [0.05, 0.1) is 18.5 Å². The molecule has 2 aromatic rings. The molecule has 0 bridgehead atoms. The summed E-state index contributed by atoms with van der Waals surface area (Å²) in [7, 11) is 0. The molecular weight excluding hydrogens is 292 g/mol. The molecule has 0 saturated carbocycles. The van der Waals surface area contributed by atoms with Crippen LogP contribution in [0.2, 0.25) is 5.02 Å². The number of anilines is 1. The number of halogens is 1. The van der Waals surface area contributed by atoms with Crippen LogP contribution in [0.5, 0.6) is 5.88 Å². The highest BCUT2D eigenvalue weighted by atomic mass is 35.5. The SMILES string of the molecule is CCOC(=O)c1cc(N)cnc1OCc1ccc(Cl)cc1. The Balaban J connectivity index is 2.15. The second-order valence-corrected chi connectivity index (χ2v) is 4.69. The van der Waals surface area contributed by atoms with Crippen molar-refractivity contribution in [2.24, 2.45) is 0 Å². The zero-order valence-corrected chi connectivity index (χ0v) is 12.3. The van der Waals surface area contributed by atoms with E-state index in [9.17, 15) is 4.79 Å². The van der Waals surface area contributed by atoms with Gasteiger partial charge in [0, 0.05) is 5.02 Å². The summed E-state index contributed by atoms with van der Waals surface area (Å²) in [5, 5.41) is 0.650. The van der Waals surface area contributed by atoms with Gasteiger partial charge in [0.25, 0.3) is 0 Å². The lowest BCUT2D eigenvalue weighted by Crippen LogP contribution is -2.10. The Bertz CT molecular complexity index is 629. The number of benzene rings is 1. The van der Waals surface area contributed by atoms with Gasteiger partial charge in [0.2, 0.25) is 5.88 Å². The predicted molar refractivity (Wildman–Crippen MR) is 80.4 cm³/mol. The summed E-state index contributed by atoms with van der Waals surface area (Å²) in [5.74, 6) is -0.319. The number of pyridine rings is 1. The summed E-state index contributed by atoms with van der Waals surface area (Å²) in [6.07, 6.45) is 1.43. The third-order valence-electron chi connectivity index (χ3n) is 2.66. The number of nitrogen functional groups attached to an aromatic ring is 1. The Morgan fingerprint density at radius 1 is 1.33 bits per heavy atom. The van der Waals surface area contributed by atoms with E-state index in [0.717, 1.165) is 5.56 Å². The Kier molecular flexibility index (Phi) is 5.00. The van der Waals surface area contributed by atoms with Gasteiger partial charge in [-0.2, -0.15) is 0 Å². The fourth-order valence-corrected chi connectivity index (χ4v) is 1.80. The van der Waals surface area contributed by atoms with Crippen molar-refractivity contribution >= 4 is 23.3 Å². The van der Waals surface area contributed by atoms with Crippen molar-refractivity contribution in [1.82, 2.24) is 4.98 Å². The Morgan fingerprint density at radius 3 is 2.71 bits per heavy atom. The lowest BCUT2D eigenvalue weighted by atomic mass is 10.2. The number of hydrogen-bond acceptors (Lipinski definition) is 5. The first-order valence-corrected chi connectivity index (χ1v) is 6.78. The van der Waals surface area contributed by atoms with Gasteiger partial charge in [-0.15, -0.1) is 0 Å². The summed E-state index contributed by atoms with van der Waals surface area (Å²) in [6, 6.07) is 8.70. The number of nitrogens with zero attached hydrogens (tertiary/aromatic N) is 1. The highest BCUT2D eigenvalue weighted by Gasteiger charge is 2.16. The first-order valence-electron chi connectivity index (χ1n) is 6.40. The van der Waals surface area contributed by atoms with E-state index in [4.69, 9.17) is 26.8 Å². The lowest BCUT2D eigenvalue weighted by Gasteiger charge is -2.10. The Labute approximate surface area is 127 Å². The summed E-state index contributed by atoms with van der Waals surface area (Å²) in [5.41, 5.74) is 7.14. The molecule has 0 radical (unpaired) electrons. The van der Waals surface area contributed by atoms with Crippen LogP contribution >= 0.6 is 11.6 Å². The van der Waals surface area contributed by atoms with Crippen LogP contribution in [0.1, 0.15) is 22.8 Å². The number of rotatable bonds is 5. The molecule has 1 heterocycles. The van der Waals surface area contributed by atoms with E-state index in [0.29, 0.717) is 10.7 Å². The molecule has 110 valence electrons. The van der Waals surface area contributed by atoms with Crippen molar-refractivity contribution in [2.45, 2.75) is 13.5 Å². The van der Waals surface area contributed by atoms with Gasteiger partial charge in [0.1, 0.15) is 12.2 Å². The summed E-state index contributed by atoms with van der Waals surface area (Å²) < 4.78 is 10.5. The topological polar surface area (TPSA) is 74.4 Å². The van der Waals surface area contributed by atoms with Crippen LogP contribution in [0, 0.1) is 0 Å². The summed E-state index contributed by atoms with van der Waals surface area (Å²) in [4.78, 5) is 15.9. The third kappa shape index (κ3) is 4.10. The van der Waals surface area contributed by atoms with Crippen LogP contribution in [-0.4, -0.2) is 17.6 Å². The van der Waals surface area contributed by atoms with E-state index in [2.05, 4.69) is 4.98 Å². The molecule has 0 aliphatic heterocycles. The van der Waals surface area contributed by atoms with Gasteiger partial charge in [-0.05, 0) is 30.7 Å². The van der Waals surface area contributed by atoms with Crippen LogP contribution in [-0.2, 0) is 11.3 Å². The van der Waals surface area contributed by atoms with Gasteiger partial charge >= 0.3 is 5.97 Å². The number of carbonyl (C=O) groups excluding carboxylic acids is 1. The van der Waals surface area contributed by atoms with Gasteiger partial charge in [-0.3, -0.25) is 0 Å². The molecule has 5 nitrogen and oxygen atoms in total. The molecule has 1 aromatic heterocycles. The van der Waals surface area contributed by atoms with Gasteiger partial charge in [0.15, 0.2) is 0 Å². The Morgan fingerprint density at radius 2 is 2.05 bits per heavy atom. The van der Waals surface area contributed by atoms with E-state index >= 15 is 0 Å². The molecule has 0 saturated heterocycles. The highest BCUT2D eigenvalue weighted by molar-refractivity contribution is 6.30. The first-order chi connectivity index (χ1) is 10.1. The molecule has 0 amide bonds. The second-order valence-electron chi connectivity index (χ2n) is 4.26. The predicted octanol–water partition coefficient (Wildman–Crippen LogP) is 3.07. The van der Waals surface area contributed by atoms with Crippen LogP contribution < -0.4 is 10.5 Å². The summed E-state index contributed by atoms with van der Waals surface area (Å²) >= 11 is 5.82. The van der Waals surface area contributed by atoms with Crippen LogP contribution in [0.4, 0.5) is 5.69 Å². The molecule has 0 unspecified atom stereocenters. The zero-order valence-electron chi connectivity index (χ0n) is 11.5. The molecule has 0 aliphatic rings. The van der Waals surface area contributed by atoms with Gasteiger partial charge < -0.3 is 15.2 Å². The maximum atomic E-state index is 11.9. The fraction of sp³-hybridized carbons (Fsp3) is 0.200. The van der Waals surface area contributed by atoms with Crippen LogP contribution in [0.15, 0.2) is 36.5 Å². The molecular formula is C15H15ClN2O3. The van der Waals surface area contributed by atoms with E-state index < -0.39 is 5.97 Å². The monoisotopic (exact) mass is 306 g/mol. The minimum Gasteiger partial charge on any atom is -0.472 e. The largest absolute Gasteiger partial charge is 0.472 e. The van der Waals surface area contributed by atoms with Crippen molar-refractivity contribution in [3.8, 4) is 5.88 Å². The molecule has 0 atom stereocenters. The van der Waals surface area contributed by atoms with E-state index in [1.54, 1.807) is 19.1 Å². The number of aromatic nitrogens is 1. The van der Waals surface area contributed by atoms with Crippen LogP contribution in [0.25, 0.3) is 0 Å². The lowest BCUT2D eigenvalue weighted by molar-refractivity contribution is 0.0520. The van der Waals surface area contributed by atoms with E-state index in [1.807, 2.05) is 12.1 Å². The average molecular weight is 307 g/mol. The summed E-state index contributed by atoms with van der Waals surface area (Å²) in [6.45, 7) is 2.26. The number of carbonyl (C=O) groups is 1. The van der Waals surface area contributed by atoms with Gasteiger partial charge in [-0.1, -0.05) is 23.7 Å². The maximum absolute atomic E-state index is 11.9. The van der Waals surface area contributed by atoms with Crippen molar-refractivity contribution in [1.29, 1.82) is 0 Å². The smallest absolute Gasteiger partial charge is 0.343 e. The molecule has 21 heavy (non-hydrogen) atoms. The average Bonchev–Trinajstić information content (AvgIpc) is 2.48. The third-order valence-corrected chi connectivity index (χ3v) is 2.91. The molecule has 0 aliphatic carbocycles. The van der Waals surface area contributed by atoms with E-state index in [-0.39, 0.29) is 24.7 Å². The normalized spacial score (nSPS) is 10.2. The number of nitrogens with two attached hydrogens (primary N) is 1. The molecule has 0 spiro atoms. The maximum Gasteiger partial charge on any atom is 0.343 e. The van der Waals surface area contributed by atoms with Crippen molar-refractivity contribution in [2.75, 3.05) is 12.3 Å². The highest BCUT2D eigenvalue weighted by Crippen LogP contribution is 2.20. The first kappa shape index (κ1) is 15.1. The minimum atomic E-state index is -0.511. The molecule has 2 N–H and O–H groups in total. The van der Waals surface area contributed by atoms with Crippen molar-refractivity contribution in [3.05, 3.63) is 52.7 Å². The van der Waals surface area contributed by atoms with E-state index in [1.165, 1.54) is 12.3 Å². The second kappa shape index (κ2) is 6.95. The minimum absolute atomic E-state index is 0.192. The van der Waals surface area contributed by atoms with Crippen molar-refractivity contribution < 1.29 is 14.3 Å². The van der Waals surface area contributed by atoms with Crippen LogP contribution in [0.3, 0.4) is 0 Å². The fourth-order valence-electron chi connectivity index (χ4n) is 1.67.